The van der Waals surface area contributed by atoms with E-state index in [0.717, 1.165) is 38.5 Å². The zero-order valence-electron chi connectivity index (χ0n) is 55.0. The molecule has 12 nitrogen and oxygen atoms in total. The summed E-state index contributed by atoms with van der Waals surface area (Å²) in [4.78, 5) is 13.2. The predicted octanol–water partition coefficient (Wildman–Crippen LogP) is 19.3. The number of carbonyl (C=O) groups excluding carboxylic acids is 1. The van der Waals surface area contributed by atoms with Gasteiger partial charge in [0.1, 0.15) is 24.4 Å². The molecule has 0 aliphatic carbocycles. The number of rotatable bonds is 66. The summed E-state index contributed by atoms with van der Waals surface area (Å²) in [6.07, 6.45) is 68.8. The van der Waals surface area contributed by atoms with Gasteiger partial charge in [-0.1, -0.05) is 366 Å². The third kappa shape index (κ3) is 51.7. The average molecular weight is 1210 g/mol. The molecular formula is C71H139NO11S. The lowest BCUT2D eigenvalue weighted by Crippen LogP contribution is -2.61. The van der Waals surface area contributed by atoms with Gasteiger partial charge in [-0.3, -0.25) is 9.35 Å². The average Bonchev–Trinajstić information content (AvgIpc) is 3.62. The summed E-state index contributed by atoms with van der Waals surface area (Å²) in [7, 11) is -5.09. The zero-order valence-corrected chi connectivity index (χ0v) is 55.8. The lowest BCUT2D eigenvalue weighted by Gasteiger charge is -2.41. The number of aliphatic hydroxyl groups is 4. The molecule has 500 valence electrons. The summed E-state index contributed by atoms with van der Waals surface area (Å²) in [5.74, 6) is -0.253. The number of hydrogen-bond acceptors (Lipinski definition) is 10. The maximum Gasteiger partial charge on any atom is 0.397 e. The van der Waals surface area contributed by atoms with Crippen molar-refractivity contribution in [2.45, 2.75) is 423 Å². The van der Waals surface area contributed by atoms with Crippen molar-refractivity contribution in [1.29, 1.82) is 0 Å². The molecule has 1 aliphatic rings. The van der Waals surface area contributed by atoms with Crippen LogP contribution in [0.4, 0.5) is 0 Å². The zero-order chi connectivity index (χ0) is 61.1. The summed E-state index contributed by atoms with van der Waals surface area (Å²) < 4.78 is 48.0. The van der Waals surface area contributed by atoms with Gasteiger partial charge >= 0.3 is 10.4 Å². The largest absolute Gasteiger partial charge is 0.397 e. The Morgan fingerprint density at radius 2 is 0.750 bits per heavy atom. The first kappa shape index (κ1) is 80.9. The number of amides is 1. The fourth-order valence-electron chi connectivity index (χ4n) is 12.2. The smallest absolute Gasteiger partial charge is 0.394 e. The van der Waals surface area contributed by atoms with E-state index in [0.29, 0.717) is 6.42 Å². The minimum atomic E-state index is -5.09. The van der Waals surface area contributed by atoms with Crippen molar-refractivity contribution in [3.63, 3.8) is 0 Å². The highest BCUT2D eigenvalue weighted by atomic mass is 32.3. The van der Waals surface area contributed by atoms with Crippen LogP contribution in [0.25, 0.3) is 0 Å². The number of hydrogen-bond donors (Lipinski definition) is 6. The molecule has 1 fully saturated rings. The monoisotopic (exact) mass is 1210 g/mol. The second kappa shape index (κ2) is 60.7. The molecule has 7 atom stereocenters. The van der Waals surface area contributed by atoms with Crippen molar-refractivity contribution in [2.75, 3.05) is 13.2 Å². The van der Waals surface area contributed by atoms with Crippen LogP contribution >= 0.6 is 0 Å². The van der Waals surface area contributed by atoms with Crippen LogP contribution < -0.4 is 5.32 Å². The molecule has 1 amide bonds. The predicted molar refractivity (Wildman–Crippen MR) is 352 cm³/mol. The van der Waals surface area contributed by atoms with Crippen molar-refractivity contribution in [2.24, 2.45) is 0 Å². The van der Waals surface area contributed by atoms with Gasteiger partial charge in [-0.15, -0.1) is 0 Å². The van der Waals surface area contributed by atoms with E-state index in [1.807, 2.05) is 6.08 Å². The lowest BCUT2D eigenvalue weighted by molar-refractivity contribution is -0.298. The van der Waals surface area contributed by atoms with Gasteiger partial charge in [-0.2, -0.15) is 8.42 Å². The number of allylic oxidation sites excluding steroid dienone is 1. The van der Waals surface area contributed by atoms with Gasteiger partial charge in [0.25, 0.3) is 0 Å². The van der Waals surface area contributed by atoms with Crippen LogP contribution in [0.2, 0.25) is 0 Å². The Balaban J connectivity index is 2.16. The van der Waals surface area contributed by atoms with E-state index in [1.165, 1.54) is 315 Å². The van der Waals surface area contributed by atoms with Gasteiger partial charge in [0.15, 0.2) is 6.29 Å². The maximum atomic E-state index is 13.2. The van der Waals surface area contributed by atoms with Gasteiger partial charge in [0.05, 0.1) is 25.4 Å². The Morgan fingerprint density at radius 3 is 1.04 bits per heavy atom. The molecule has 84 heavy (non-hydrogen) atoms. The molecule has 0 radical (unpaired) electrons. The molecule has 1 heterocycles. The summed E-state index contributed by atoms with van der Waals surface area (Å²) in [6, 6.07) is -0.942. The van der Waals surface area contributed by atoms with Gasteiger partial charge in [0, 0.05) is 6.42 Å². The topological polar surface area (TPSA) is 192 Å². The Hall–Kier alpha value is -1.16. The number of ether oxygens (including phenoxy) is 2. The first-order chi connectivity index (χ1) is 41.0. The van der Waals surface area contributed by atoms with Crippen molar-refractivity contribution < 1.29 is 51.8 Å². The first-order valence-corrected chi connectivity index (χ1v) is 37.9. The number of nitrogens with one attached hydrogen (secondary N) is 1. The summed E-state index contributed by atoms with van der Waals surface area (Å²) in [6.45, 7) is 3.47. The molecule has 0 spiro atoms. The fourth-order valence-corrected chi connectivity index (χ4v) is 12.7. The fraction of sp³-hybridized carbons (Fsp3) is 0.958. The highest BCUT2D eigenvalue weighted by molar-refractivity contribution is 7.80. The first-order valence-electron chi connectivity index (χ1n) is 36.6. The Kier molecular flexibility index (Phi) is 58.5. The van der Waals surface area contributed by atoms with Crippen molar-refractivity contribution in [3.05, 3.63) is 12.2 Å². The molecule has 0 saturated carbocycles. The molecular weight excluding hydrogens is 1070 g/mol. The van der Waals surface area contributed by atoms with Crippen LogP contribution in [0.5, 0.6) is 0 Å². The van der Waals surface area contributed by atoms with E-state index in [2.05, 4.69) is 23.3 Å². The molecule has 0 aromatic rings. The van der Waals surface area contributed by atoms with Crippen molar-refractivity contribution in [1.82, 2.24) is 5.32 Å². The second-order valence-electron chi connectivity index (χ2n) is 25.9. The molecule has 13 heteroatoms. The molecule has 1 rings (SSSR count). The Bertz CT molecular complexity index is 1520. The maximum absolute atomic E-state index is 13.2. The molecule has 0 bridgehead atoms. The molecule has 0 aromatic heterocycles. The molecule has 0 aromatic carbocycles. The lowest BCUT2D eigenvalue weighted by atomic mass is 9.99. The highest BCUT2D eigenvalue weighted by Crippen LogP contribution is 2.27. The van der Waals surface area contributed by atoms with Gasteiger partial charge in [-0.05, 0) is 19.3 Å². The Morgan fingerprint density at radius 1 is 0.464 bits per heavy atom. The highest BCUT2D eigenvalue weighted by Gasteiger charge is 2.48. The Labute approximate surface area is 519 Å². The summed E-state index contributed by atoms with van der Waals surface area (Å²) in [5.41, 5.74) is 0. The van der Waals surface area contributed by atoms with Crippen LogP contribution in [0.15, 0.2) is 12.2 Å². The quantitative estimate of drug-likeness (QED) is 0.0193. The van der Waals surface area contributed by atoms with E-state index in [-0.39, 0.29) is 18.9 Å². The molecule has 6 N–H and O–H groups in total. The van der Waals surface area contributed by atoms with Gasteiger partial charge < -0.3 is 35.2 Å². The minimum Gasteiger partial charge on any atom is -0.394 e. The van der Waals surface area contributed by atoms with Gasteiger partial charge in [-0.25, -0.2) is 4.18 Å². The van der Waals surface area contributed by atoms with Crippen molar-refractivity contribution in [3.8, 4) is 0 Å². The van der Waals surface area contributed by atoms with E-state index in [1.54, 1.807) is 6.08 Å². The minimum absolute atomic E-state index is 0.253. The van der Waals surface area contributed by atoms with Gasteiger partial charge in [0.2, 0.25) is 5.91 Å². The number of unbranched alkanes of at least 4 members (excludes halogenated alkanes) is 54. The van der Waals surface area contributed by atoms with Crippen LogP contribution in [0.1, 0.15) is 380 Å². The summed E-state index contributed by atoms with van der Waals surface area (Å²) in [5, 5.41) is 45.2. The normalized spacial score (nSPS) is 18.3. The molecule has 7 unspecified atom stereocenters. The number of carbonyl (C=O) groups is 1. The third-order valence-electron chi connectivity index (χ3n) is 17.8. The van der Waals surface area contributed by atoms with Crippen LogP contribution in [0, 0.1) is 0 Å². The second-order valence-corrected chi connectivity index (χ2v) is 26.9. The SMILES string of the molecule is CCCCCCCCCCCCCCCCCCCC/C=C/C(O)C(COC1OC(CO)C(O)C(OS(=O)(=O)O)C1O)NC(=O)CCCCCCCCCCCCCCCCCCCCCCCCCCCCCCCCCCCCCCC. The number of aliphatic hydroxyl groups excluding tert-OH is 4. The van der Waals surface area contributed by atoms with Crippen molar-refractivity contribution >= 4 is 16.3 Å². The molecule has 1 aliphatic heterocycles. The third-order valence-corrected chi connectivity index (χ3v) is 18.3. The van der Waals surface area contributed by atoms with E-state index in [4.69, 9.17) is 9.47 Å². The summed E-state index contributed by atoms with van der Waals surface area (Å²) >= 11 is 0. The van der Waals surface area contributed by atoms with Crippen LogP contribution in [-0.4, -0.2) is 95.4 Å². The van der Waals surface area contributed by atoms with Crippen LogP contribution in [-0.2, 0) is 28.9 Å². The van der Waals surface area contributed by atoms with E-state index < -0.39 is 59.9 Å². The van der Waals surface area contributed by atoms with Crippen LogP contribution in [0.3, 0.4) is 0 Å². The molecule has 1 saturated heterocycles. The van der Waals surface area contributed by atoms with E-state index in [9.17, 15) is 38.2 Å². The van der Waals surface area contributed by atoms with E-state index >= 15 is 0 Å². The standard InChI is InChI=1S/C71H139NO11S/c1-3-5-7-9-11-13-15-17-19-21-23-25-26-27-28-29-30-31-32-33-34-35-36-37-38-39-40-41-43-45-47-49-51-53-55-57-59-61-67(75)72-64(63-81-71-69(77)70(83-84(78,79)80)68(76)66(62-73)82-71)65(74)60-58-56-54-52-50-48-46-44-42-24-22-20-18-16-14-12-10-8-6-4-2/h58,60,64-66,68-71,73-74,76-77H,3-57,59,61-63H2,1-2H3,(H,72,75)(H,78,79,80)/b60-58+.